The number of aromatic nitrogens is 1. The Morgan fingerprint density at radius 3 is 2.62 bits per heavy atom. The topological polar surface area (TPSA) is 73.4 Å². The summed E-state index contributed by atoms with van der Waals surface area (Å²) < 4.78 is 0. The van der Waals surface area contributed by atoms with Gasteiger partial charge in [-0.05, 0) is 30.7 Å². The standard InChI is InChI=1S/C21H17Cl3N2O3/c1-21(14-7-6-11(23)8-15(14)24)19-13(12-4-2-3-5-16(12)25-19)9-17(20(28)29)26(21)18(27)10-22/h2-8,17,25H,9-10H2,1H3,(H,28,29)/t17-,21+/m0/s1. The number of carbonyl (C=O) groups is 2. The number of fused-ring (bicyclic) bond motifs is 3. The van der Waals surface area contributed by atoms with Gasteiger partial charge in [-0.2, -0.15) is 0 Å². The molecule has 1 aromatic heterocycles. The number of H-pyrrole nitrogens is 1. The summed E-state index contributed by atoms with van der Waals surface area (Å²) in [6.45, 7) is 1.79. The molecule has 4 rings (SSSR count). The molecule has 0 radical (unpaired) electrons. The number of hydrogen-bond acceptors (Lipinski definition) is 2. The lowest BCUT2D eigenvalue weighted by Crippen LogP contribution is -2.60. The van der Waals surface area contributed by atoms with E-state index in [2.05, 4.69) is 4.98 Å². The average Bonchev–Trinajstić information content (AvgIpc) is 3.06. The highest BCUT2D eigenvalue weighted by molar-refractivity contribution is 6.35. The van der Waals surface area contributed by atoms with Crippen LogP contribution < -0.4 is 0 Å². The van der Waals surface area contributed by atoms with Gasteiger partial charge in [-0.15, -0.1) is 11.6 Å². The number of hydrogen-bond donors (Lipinski definition) is 2. The molecule has 0 fully saturated rings. The van der Waals surface area contributed by atoms with E-state index >= 15 is 0 Å². The quantitative estimate of drug-likeness (QED) is 0.561. The van der Waals surface area contributed by atoms with E-state index in [1.165, 1.54) is 4.90 Å². The maximum atomic E-state index is 12.9. The van der Waals surface area contributed by atoms with Crippen LogP contribution in [0.3, 0.4) is 0 Å². The second-order valence-corrected chi connectivity index (χ2v) is 8.29. The Labute approximate surface area is 182 Å². The minimum absolute atomic E-state index is 0.165. The molecule has 1 aliphatic heterocycles. The molecule has 1 aliphatic rings. The van der Waals surface area contributed by atoms with Crippen molar-refractivity contribution in [2.75, 3.05) is 5.88 Å². The van der Waals surface area contributed by atoms with Crippen LogP contribution in [0.25, 0.3) is 10.9 Å². The van der Waals surface area contributed by atoms with E-state index in [1.807, 2.05) is 24.3 Å². The summed E-state index contributed by atoms with van der Waals surface area (Å²) in [5.41, 5.74) is 1.82. The Bertz CT molecular complexity index is 1140. The molecule has 8 heteroatoms. The highest BCUT2D eigenvalue weighted by Gasteiger charge is 2.51. The number of carboxylic acids is 1. The molecule has 2 N–H and O–H groups in total. The number of halogens is 3. The summed E-state index contributed by atoms with van der Waals surface area (Å²) in [5.74, 6) is -1.94. The number of rotatable bonds is 3. The molecular weight excluding hydrogens is 435 g/mol. The van der Waals surface area contributed by atoms with Gasteiger partial charge in [0.15, 0.2) is 0 Å². The number of carbonyl (C=O) groups excluding carboxylic acids is 1. The van der Waals surface area contributed by atoms with Crippen molar-refractivity contribution in [2.24, 2.45) is 0 Å². The Morgan fingerprint density at radius 2 is 1.97 bits per heavy atom. The Hall–Kier alpha value is -2.21. The number of para-hydroxylation sites is 1. The first-order chi connectivity index (χ1) is 13.8. The fourth-order valence-corrected chi connectivity index (χ4v) is 5.10. The van der Waals surface area contributed by atoms with Crippen LogP contribution in [0.2, 0.25) is 10.0 Å². The van der Waals surface area contributed by atoms with E-state index < -0.39 is 23.5 Å². The highest BCUT2D eigenvalue weighted by atomic mass is 35.5. The van der Waals surface area contributed by atoms with Crippen molar-refractivity contribution in [1.82, 2.24) is 9.88 Å². The van der Waals surface area contributed by atoms with Crippen molar-refractivity contribution in [2.45, 2.75) is 24.9 Å². The lowest BCUT2D eigenvalue weighted by Gasteiger charge is -2.48. The predicted octanol–water partition coefficient (Wildman–Crippen LogP) is 4.81. The zero-order valence-corrected chi connectivity index (χ0v) is 17.6. The molecule has 29 heavy (non-hydrogen) atoms. The molecule has 0 aliphatic carbocycles. The van der Waals surface area contributed by atoms with Gasteiger partial charge in [-0.3, -0.25) is 4.79 Å². The molecule has 2 heterocycles. The number of carboxylic acid groups (broad SMARTS) is 1. The van der Waals surface area contributed by atoms with Gasteiger partial charge >= 0.3 is 5.97 Å². The molecular formula is C21H17Cl3N2O3. The molecule has 0 spiro atoms. The Balaban J connectivity index is 2.10. The number of nitrogens with one attached hydrogen (secondary N) is 1. The predicted molar refractivity (Wildman–Crippen MR) is 114 cm³/mol. The number of aliphatic carboxylic acids is 1. The molecule has 0 unspecified atom stereocenters. The number of benzene rings is 2. The first-order valence-electron chi connectivity index (χ1n) is 8.95. The molecule has 1 amide bonds. The second-order valence-electron chi connectivity index (χ2n) is 7.18. The van der Waals surface area contributed by atoms with Gasteiger partial charge in [-0.25, -0.2) is 4.79 Å². The molecule has 0 saturated heterocycles. The van der Waals surface area contributed by atoms with Crippen molar-refractivity contribution < 1.29 is 14.7 Å². The van der Waals surface area contributed by atoms with Gasteiger partial charge < -0.3 is 15.0 Å². The van der Waals surface area contributed by atoms with Gasteiger partial charge in [0.1, 0.15) is 17.5 Å². The maximum Gasteiger partial charge on any atom is 0.326 e. The van der Waals surface area contributed by atoms with E-state index in [0.29, 0.717) is 15.6 Å². The summed E-state index contributed by atoms with van der Waals surface area (Å²) in [6.07, 6.45) is 0.165. The first kappa shape index (κ1) is 20.1. The van der Waals surface area contributed by atoms with Crippen LogP contribution in [-0.2, 0) is 21.5 Å². The minimum Gasteiger partial charge on any atom is -0.480 e. The van der Waals surface area contributed by atoms with Crippen molar-refractivity contribution in [3.05, 3.63) is 69.3 Å². The number of amides is 1. The van der Waals surface area contributed by atoms with E-state index in [0.717, 1.165) is 22.2 Å². The van der Waals surface area contributed by atoms with Crippen molar-refractivity contribution >= 4 is 57.6 Å². The van der Waals surface area contributed by atoms with Crippen molar-refractivity contribution in [1.29, 1.82) is 0 Å². The number of aromatic amines is 1. The molecule has 0 saturated carbocycles. The second kappa shape index (κ2) is 7.24. The monoisotopic (exact) mass is 450 g/mol. The van der Waals surface area contributed by atoms with Crippen LogP contribution in [-0.4, -0.2) is 38.8 Å². The van der Waals surface area contributed by atoms with Gasteiger partial charge in [0.2, 0.25) is 5.91 Å². The molecule has 150 valence electrons. The third-order valence-electron chi connectivity index (χ3n) is 5.62. The SMILES string of the molecule is C[C@@]1(c2ccc(Cl)cc2Cl)c2[nH]c3ccccc3c2C[C@@H](C(=O)O)N1C(=O)CCl. The summed E-state index contributed by atoms with van der Waals surface area (Å²) in [4.78, 5) is 29.9. The molecule has 2 aromatic carbocycles. The van der Waals surface area contributed by atoms with Crippen LogP contribution in [0.15, 0.2) is 42.5 Å². The molecule has 0 bridgehead atoms. The van der Waals surface area contributed by atoms with Crippen molar-refractivity contribution in [3.63, 3.8) is 0 Å². The van der Waals surface area contributed by atoms with E-state index in [-0.39, 0.29) is 12.3 Å². The maximum absolute atomic E-state index is 12.9. The van der Waals surface area contributed by atoms with Gasteiger partial charge in [-0.1, -0.05) is 47.5 Å². The third-order valence-corrected chi connectivity index (χ3v) is 6.39. The van der Waals surface area contributed by atoms with Gasteiger partial charge in [0.05, 0.1) is 0 Å². The first-order valence-corrected chi connectivity index (χ1v) is 10.2. The minimum atomic E-state index is -1.18. The van der Waals surface area contributed by atoms with E-state index in [1.54, 1.807) is 25.1 Å². The molecule has 5 nitrogen and oxygen atoms in total. The Kier molecular flexibility index (Phi) is 5.01. The zero-order chi connectivity index (χ0) is 20.9. The fraction of sp³-hybridized carbons (Fsp3) is 0.238. The largest absolute Gasteiger partial charge is 0.480 e. The zero-order valence-electron chi connectivity index (χ0n) is 15.4. The van der Waals surface area contributed by atoms with Crippen LogP contribution in [0.4, 0.5) is 0 Å². The summed E-state index contributed by atoms with van der Waals surface area (Å²) in [5, 5.41) is 11.7. The van der Waals surface area contributed by atoms with Crippen molar-refractivity contribution in [3.8, 4) is 0 Å². The normalized spacial score (nSPS) is 21.2. The molecule has 2 atom stereocenters. The average molecular weight is 452 g/mol. The number of nitrogens with zero attached hydrogens (tertiary/aromatic N) is 1. The summed E-state index contributed by atoms with van der Waals surface area (Å²) in [7, 11) is 0. The van der Waals surface area contributed by atoms with E-state index in [9.17, 15) is 14.7 Å². The molecule has 3 aromatic rings. The highest BCUT2D eigenvalue weighted by Crippen LogP contribution is 2.47. The smallest absolute Gasteiger partial charge is 0.326 e. The summed E-state index contributed by atoms with van der Waals surface area (Å²) >= 11 is 18.5. The Morgan fingerprint density at radius 1 is 1.24 bits per heavy atom. The lowest BCUT2D eigenvalue weighted by molar-refractivity contribution is -0.155. The van der Waals surface area contributed by atoms with Crippen LogP contribution >= 0.6 is 34.8 Å². The fourth-order valence-electron chi connectivity index (χ4n) is 4.38. The van der Waals surface area contributed by atoms with E-state index in [4.69, 9.17) is 34.8 Å². The lowest BCUT2D eigenvalue weighted by atomic mass is 9.78. The third kappa shape index (κ3) is 3.00. The van der Waals surface area contributed by atoms with Gasteiger partial charge in [0.25, 0.3) is 0 Å². The van der Waals surface area contributed by atoms with Gasteiger partial charge in [0, 0.05) is 38.6 Å². The van der Waals surface area contributed by atoms with Crippen LogP contribution in [0, 0.1) is 0 Å². The summed E-state index contributed by atoms with van der Waals surface area (Å²) in [6, 6.07) is 11.5. The number of alkyl halides is 1. The van der Waals surface area contributed by atoms with Crippen LogP contribution in [0.5, 0.6) is 0 Å². The van der Waals surface area contributed by atoms with Crippen LogP contribution in [0.1, 0.15) is 23.7 Å².